The highest BCUT2D eigenvalue weighted by molar-refractivity contribution is 4.64. The maximum atomic E-state index is 5.72. The minimum Gasteiger partial charge on any atom is -1.00 e. The first-order valence-corrected chi connectivity index (χ1v) is 4.51. The lowest BCUT2D eigenvalue weighted by Gasteiger charge is -2.33. The third-order valence-corrected chi connectivity index (χ3v) is 1.83. The van der Waals surface area contributed by atoms with Crippen LogP contribution >= 0.6 is 0 Å². The van der Waals surface area contributed by atoms with Crippen LogP contribution in [0.15, 0.2) is 0 Å². The SMILES string of the molecule is C[C@@H]1COC[C@H](C[N+](C)(C)C)O1.[I-]. The molecule has 80 valence electrons. The Morgan fingerprint density at radius 2 is 1.85 bits per heavy atom. The minimum atomic E-state index is 0. The molecule has 1 heterocycles. The monoisotopic (exact) mass is 301 g/mol. The van der Waals surface area contributed by atoms with Crippen molar-refractivity contribution in [2.24, 2.45) is 0 Å². The van der Waals surface area contributed by atoms with Crippen molar-refractivity contribution in [2.45, 2.75) is 19.1 Å². The van der Waals surface area contributed by atoms with Gasteiger partial charge in [0.05, 0.1) is 40.5 Å². The van der Waals surface area contributed by atoms with Crippen LogP contribution < -0.4 is 24.0 Å². The van der Waals surface area contributed by atoms with Gasteiger partial charge in [0, 0.05) is 0 Å². The summed E-state index contributed by atoms with van der Waals surface area (Å²) >= 11 is 0. The van der Waals surface area contributed by atoms with Crippen molar-refractivity contribution in [3.05, 3.63) is 0 Å². The van der Waals surface area contributed by atoms with E-state index in [4.69, 9.17) is 9.47 Å². The van der Waals surface area contributed by atoms with Gasteiger partial charge in [-0.2, -0.15) is 0 Å². The highest BCUT2D eigenvalue weighted by Crippen LogP contribution is 2.09. The summed E-state index contributed by atoms with van der Waals surface area (Å²) in [6, 6.07) is 0. The van der Waals surface area contributed by atoms with Gasteiger partial charge in [-0.3, -0.25) is 0 Å². The highest BCUT2D eigenvalue weighted by Gasteiger charge is 2.24. The Balaban J connectivity index is 0.00000144. The number of hydrogen-bond donors (Lipinski definition) is 0. The predicted molar refractivity (Wildman–Crippen MR) is 48.1 cm³/mol. The molecule has 0 bridgehead atoms. The topological polar surface area (TPSA) is 18.5 Å². The van der Waals surface area contributed by atoms with E-state index in [9.17, 15) is 0 Å². The largest absolute Gasteiger partial charge is 1.00 e. The number of halogens is 1. The highest BCUT2D eigenvalue weighted by atomic mass is 127. The van der Waals surface area contributed by atoms with Crippen LogP contribution in [0.1, 0.15) is 6.92 Å². The molecule has 0 spiro atoms. The van der Waals surface area contributed by atoms with Crippen LogP contribution in [-0.4, -0.2) is 57.6 Å². The second-order valence-electron chi connectivity index (χ2n) is 4.58. The van der Waals surface area contributed by atoms with E-state index in [1.54, 1.807) is 0 Å². The summed E-state index contributed by atoms with van der Waals surface area (Å²) in [5.74, 6) is 0. The molecule has 0 saturated carbocycles. The first kappa shape index (κ1) is 13.6. The van der Waals surface area contributed by atoms with Gasteiger partial charge in [0.15, 0.2) is 0 Å². The molecule has 1 fully saturated rings. The summed E-state index contributed by atoms with van der Waals surface area (Å²) in [6.45, 7) is 4.57. The van der Waals surface area contributed by atoms with Crippen molar-refractivity contribution in [2.75, 3.05) is 40.9 Å². The van der Waals surface area contributed by atoms with E-state index < -0.39 is 0 Å². The lowest BCUT2D eigenvalue weighted by atomic mass is 10.3. The first-order valence-electron chi connectivity index (χ1n) is 4.51. The smallest absolute Gasteiger partial charge is 0.130 e. The Kier molecular flexibility index (Phi) is 5.74. The quantitative estimate of drug-likeness (QED) is 0.415. The number of hydrogen-bond acceptors (Lipinski definition) is 2. The molecule has 0 radical (unpaired) electrons. The van der Waals surface area contributed by atoms with Gasteiger partial charge in [-0.05, 0) is 6.92 Å². The molecule has 13 heavy (non-hydrogen) atoms. The van der Waals surface area contributed by atoms with Gasteiger partial charge in [-0.25, -0.2) is 0 Å². The van der Waals surface area contributed by atoms with E-state index >= 15 is 0 Å². The molecule has 0 N–H and O–H groups in total. The summed E-state index contributed by atoms with van der Waals surface area (Å²) < 4.78 is 12.1. The van der Waals surface area contributed by atoms with E-state index in [-0.39, 0.29) is 36.2 Å². The maximum Gasteiger partial charge on any atom is 0.130 e. The van der Waals surface area contributed by atoms with Gasteiger partial charge in [-0.15, -0.1) is 0 Å². The van der Waals surface area contributed by atoms with Crippen LogP contribution in [0.3, 0.4) is 0 Å². The van der Waals surface area contributed by atoms with Crippen LogP contribution in [0.5, 0.6) is 0 Å². The number of likely N-dealkylation sites (N-methyl/N-ethyl adjacent to an activating group) is 1. The predicted octanol–water partition coefficient (Wildman–Crippen LogP) is -2.50. The molecule has 1 aliphatic rings. The minimum absolute atomic E-state index is 0. The first-order chi connectivity index (χ1) is 5.47. The lowest BCUT2D eigenvalue weighted by molar-refractivity contribution is -0.874. The zero-order chi connectivity index (χ0) is 9.19. The Morgan fingerprint density at radius 1 is 1.23 bits per heavy atom. The van der Waals surface area contributed by atoms with E-state index in [0.29, 0.717) is 0 Å². The molecule has 2 atom stereocenters. The average molecular weight is 301 g/mol. The molecule has 4 heteroatoms. The summed E-state index contributed by atoms with van der Waals surface area (Å²) in [5, 5.41) is 0. The van der Waals surface area contributed by atoms with Crippen molar-refractivity contribution in [1.29, 1.82) is 0 Å². The van der Waals surface area contributed by atoms with Crippen LogP contribution in [-0.2, 0) is 9.47 Å². The van der Waals surface area contributed by atoms with Crippen molar-refractivity contribution in [3.63, 3.8) is 0 Å². The van der Waals surface area contributed by atoms with Crippen molar-refractivity contribution in [3.8, 4) is 0 Å². The Hall–Kier alpha value is 0.610. The van der Waals surface area contributed by atoms with Gasteiger partial charge in [0.25, 0.3) is 0 Å². The fourth-order valence-electron chi connectivity index (χ4n) is 1.48. The molecule has 0 unspecified atom stereocenters. The van der Waals surface area contributed by atoms with Crippen LogP contribution in [0.2, 0.25) is 0 Å². The molecular weight excluding hydrogens is 281 g/mol. The fraction of sp³-hybridized carbons (Fsp3) is 1.00. The van der Waals surface area contributed by atoms with Crippen molar-refractivity contribution < 1.29 is 37.9 Å². The zero-order valence-electron chi connectivity index (χ0n) is 8.92. The van der Waals surface area contributed by atoms with Crippen molar-refractivity contribution >= 4 is 0 Å². The van der Waals surface area contributed by atoms with Gasteiger partial charge in [-0.1, -0.05) is 0 Å². The second-order valence-corrected chi connectivity index (χ2v) is 4.58. The number of quaternary nitrogens is 1. The Labute approximate surface area is 98.0 Å². The standard InChI is InChI=1S/C9H20NO2.HI/c1-8-6-11-7-9(12-8)5-10(2,3)4;/h8-9H,5-7H2,1-4H3;1H/q+1;/p-1/t8-,9+;/m1./s1. The molecule has 1 saturated heterocycles. The van der Waals surface area contributed by atoms with E-state index in [1.807, 2.05) is 0 Å². The molecule has 0 aromatic rings. The maximum absolute atomic E-state index is 5.72. The van der Waals surface area contributed by atoms with Crippen LogP contribution in [0, 0.1) is 0 Å². The summed E-state index contributed by atoms with van der Waals surface area (Å²) in [6.07, 6.45) is 0.532. The normalized spacial score (nSPS) is 29.5. The van der Waals surface area contributed by atoms with E-state index in [1.165, 1.54) is 0 Å². The lowest BCUT2D eigenvalue weighted by Crippen LogP contribution is -3.00. The average Bonchev–Trinajstić information content (AvgIpc) is 1.82. The van der Waals surface area contributed by atoms with Gasteiger partial charge in [0.1, 0.15) is 12.6 Å². The zero-order valence-corrected chi connectivity index (χ0v) is 11.1. The summed E-state index contributed by atoms with van der Waals surface area (Å²) in [5.41, 5.74) is 0. The molecule has 1 rings (SSSR count). The van der Waals surface area contributed by atoms with Gasteiger partial charge >= 0.3 is 0 Å². The molecular formula is C9H20INO2. The summed E-state index contributed by atoms with van der Waals surface area (Å²) in [7, 11) is 6.51. The molecule has 0 amide bonds. The number of rotatable bonds is 2. The van der Waals surface area contributed by atoms with Crippen molar-refractivity contribution in [1.82, 2.24) is 0 Å². The molecule has 3 nitrogen and oxygen atoms in total. The number of nitrogens with zero attached hydrogens (tertiary/aromatic N) is 1. The number of ether oxygens (including phenoxy) is 2. The van der Waals surface area contributed by atoms with Crippen LogP contribution in [0.4, 0.5) is 0 Å². The van der Waals surface area contributed by atoms with E-state index in [2.05, 4.69) is 28.1 Å². The van der Waals surface area contributed by atoms with Crippen LogP contribution in [0.25, 0.3) is 0 Å². The fourth-order valence-corrected chi connectivity index (χ4v) is 1.48. The third-order valence-electron chi connectivity index (χ3n) is 1.83. The molecule has 0 aliphatic carbocycles. The van der Waals surface area contributed by atoms with Gasteiger partial charge in [0.2, 0.25) is 0 Å². The molecule has 0 aromatic heterocycles. The Morgan fingerprint density at radius 3 is 2.31 bits per heavy atom. The molecule has 1 aliphatic heterocycles. The van der Waals surface area contributed by atoms with Gasteiger partial charge < -0.3 is 37.9 Å². The molecule has 0 aromatic carbocycles. The third kappa shape index (κ3) is 5.83. The second kappa shape index (κ2) is 5.48. The van der Waals surface area contributed by atoms with E-state index in [0.717, 1.165) is 24.2 Å². The summed E-state index contributed by atoms with van der Waals surface area (Å²) in [4.78, 5) is 0. The Bertz CT molecular complexity index is 147.